The first-order valence-electron chi connectivity index (χ1n) is 4.43. The molecule has 1 heterocycles. The molecular weight excluding hydrogens is 168 g/mol. The fraction of sp³-hybridized carbons (Fsp3) is 0.778. The summed E-state index contributed by atoms with van der Waals surface area (Å²) in [5.41, 5.74) is 4.23. The molecule has 2 unspecified atom stereocenters. The van der Waals surface area contributed by atoms with Crippen LogP contribution in [0.2, 0.25) is 0 Å². The van der Waals surface area contributed by atoms with Gasteiger partial charge in [-0.15, -0.1) is 0 Å². The molecule has 12 heavy (non-hydrogen) atoms. The number of thioether (sulfide) groups is 1. The highest BCUT2D eigenvalue weighted by Gasteiger charge is 2.22. The molecule has 2 nitrogen and oxygen atoms in total. The standard InChI is InChI=1S/C9H18N2S/c1-7(2)5-9(11-10)8-3-4-12-6-8/h5,8-9,11H,3-4,6,10H2,1-2H3. The summed E-state index contributed by atoms with van der Waals surface area (Å²) in [4.78, 5) is 0. The lowest BCUT2D eigenvalue weighted by Gasteiger charge is -2.18. The fourth-order valence-corrected chi connectivity index (χ4v) is 2.83. The summed E-state index contributed by atoms with van der Waals surface area (Å²) < 4.78 is 0. The average molecular weight is 186 g/mol. The first-order valence-corrected chi connectivity index (χ1v) is 5.58. The summed E-state index contributed by atoms with van der Waals surface area (Å²) in [7, 11) is 0. The molecule has 3 heteroatoms. The van der Waals surface area contributed by atoms with Crippen molar-refractivity contribution < 1.29 is 0 Å². The van der Waals surface area contributed by atoms with Crippen molar-refractivity contribution in [2.75, 3.05) is 11.5 Å². The number of hydrogen-bond acceptors (Lipinski definition) is 3. The summed E-state index contributed by atoms with van der Waals surface area (Å²) in [6.45, 7) is 4.23. The molecule has 0 aromatic carbocycles. The molecule has 0 radical (unpaired) electrons. The second kappa shape index (κ2) is 4.90. The van der Waals surface area contributed by atoms with Gasteiger partial charge in [-0.3, -0.25) is 11.3 Å². The van der Waals surface area contributed by atoms with E-state index < -0.39 is 0 Å². The number of nitrogens with two attached hydrogens (primary N) is 1. The Morgan fingerprint density at radius 1 is 1.67 bits per heavy atom. The number of rotatable bonds is 3. The molecule has 0 spiro atoms. The van der Waals surface area contributed by atoms with Crippen LogP contribution in [0, 0.1) is 5.92 Å². The van der Waals surface area contributed by atoms with Gasteiger partial charge in [0.1, 0.15) is 0 Å². The molecular formula is C9H18N2S. The van der Waals surface area contributed by atoms with E-state index in [1.807, 2.05) is 11.8 Å². The summed E-state index contributed by atoms with van der Waals surface area (Å²) in [5, 5.41) is 0. The van der Waals surface area contributed by atoms with E-state index in [0.29, 0.717) is 6.04 Å². The van der Waals surface area contributed by atoms with Crippen LogP contribution in [0.15, 0.2) is 11.6 Å². The van der Waals surface area contributed by atoms with E-state index in [9.17, 15) is 0 Å². The van der Waals surface area contributed by atoms with Gasteiger partial charge in [0, 0.05) is 6.04 Å². The molecule has 0 amide bonds. The molecule has 1 rings (SSSR count). The predicted molar refractivity (Wildman–Crippen MR) is 56.0 cm³/mol. The molecule has 3 N–H and O–H groups in total. The summed E-state index contributed by atoms with van der Waals surface area (Å²) >= 11 is 2.03. The number of hydrazine groups is 1. The maximum absolute atomic E-state index is 5.50. The van der Waals surface area contributed by atoms with E-state index in [2.05, 4.69) is 25.3 Å². The van der Waals surface area contributed by atoms with Gasteiger partial charge >= 0.3 is 0 Å². The quantitative estimate of drug-likeness (QED) is 0.399. The Labute approximate surface area is 78.9 Å². The van der Waals surface area contributed by atoms with Crippen molar-refractivity contribution in [3.05, 3.63) is 11.6 Å². The zero-order valence-corrected chi connectivity index (χ0v) is 8.66. The molecule has 70 valence electrons. The minimum atomic E-state index is 0.380. The van der Waals surface area contributed by atoms with Crippen LogP contribution in [-0.2, 0) is 0 Å². The van der Waals surface area contributed by atoms with Crippen molar-refractivity contribution in [3.8, 4) is 0 Å². The number of allylic oxidation sites excluding steroid dienone is 1. The Balaban J connectivity index is 2.49. The van der Waals surface area contributed by atoms with Gasteiger partial charge in [0.15, 0.2) is 0 Å². The smallest absolute Gasteiger partial charge is 0.0429 e. The van der Waals surface area contributed by atoms with E-state index in [4.69, 9.17) is 5.84 Å². The van der Waals surface area contributed by atoms with Crippen LogP contribution in [0.4, 0.5) is 0 Å². The van der Waals surface area contributed by atoms with Gasteiger partial charge in [-0.1, -0.05) is 11.6 Å². The van der Waals surface area contributed by atoms with Crippen molar-refractivity contribution >= 4 is 11.8 Å². The average Bonchev–Trinajstić information content (AvgIpc) is 2.51. The van der Waals surface area contributed by atoms with Crippen molar-refractivity contribution in [2.24, 2.45) is 11.8 Å². The molecule has 1 aliphatic rings. The normalized spacial score (nSPS) is 25.4. The molecule has 0 bridgehead atoms. The highest BCUT2D eigenvalue weighted by molar-refractivity contribution is 7.99. The van der Waals surface area contributed by atoms with Crippen LogP contribution in [-0.4, -0.2) is 17.5 Å². The monoisotopic (exact) mass is 186 g/mol. The highest BCUT2D eigenvalue weighted by atomic mass is 32.2. The van der Waals surface area contributed by atoms with Gasteiger partial charge < -0.3 is 0 Å². The van der Waals surface area contributed by atoms with Crippen LogP contribution in [0.1, 0.15) is 20.3 Å². The Hall–Kier alpha value is 0.0100. The maximum atomic E-state index is 5.50. The predicted octanol–water partition coefficient (Wildman–Crippen LogP) is 1.54. The van der Waals surface area contributed by atoms with Crippen LogP contribution in [0.5, 0.6) is 0 Å². The molecule has 0 aromatic rings. The third-order valence-corrected chi connectivity index (χ3v) is 3.37. The highest BCUT2D eigenvalue weighted by Crippen LogP contribution is 2.26. The Morgan fingerprint density at radius 2 is 2.42 bits per heavy atom. The van der Waals surface area contributed by atoms with Crippen molar-refractivity contribution in [3.63, 3.8) is 0 Å². The van der Waals surface area contributed by atoms with Crippen LogP contribution < -0.4 is 11.3 Å². The Bertz CT molecular complexity index is 158. The third kappa shape index (κ3) is 2.81. The largest absolute Gasteiger partial charge is 0.271 e. The lowest BCUT2D eigenvalue weighted by atomic mass is 9.98. The first kappa shape index (κ1) is 10.1. The van der Waals surface area contributed by atoms with Crippen molar-refractivity contribution in [1.82, 2.24) is 5.43 Å². The summed E-state index contributed by atoms with van der Waals surface area (Å²) in [6, 6.07) is 0.380. The minimum absolute atomic E-state index is 0.380. The van der Waals surface area contributed by atoms with Crippen molar-refractivity contribution in [2.45, 2.75) is 26.3 Å². The van der Waals surface area contributed by atoms with Gasteiger partial charge in [0.25, 0.3) is 0 Å². The van der Waals surface area contributed by atoms with E-state index >= 15 is 0 Å². The molecule has 0 aliphatic carbocycles. The van der Waals surface area contributed by atoms with E-state index in [0.717, 1.165) is 5.92 Å². The Morgan fingerprint density at radius 3 is 2.83 bits per heavy atom. The lowest BCUT2D eigenvalue weighted by molar-refractivity contribution is 0.450. The molecule has 1 fully saturated rings. The minimum Gasteiger partial charge on any atom is -0.271 e. The van der Waals surface area contributed by atoms with E-state index in [-0.39, 0.29) is 0 Å². The first-order chi connectivity index (χ1) is 5.74. The third-order valence-electron chi connectivity index (χ3n) is 2.18. The molecule has 0 saturated carbocycles. The van der Waals surface area contributed by atoms with Gasteiger partial charge in [0.2, 0.25) is 0 Å². The van der Waals surface area contributed by atoms with Gasteiger partial charge in [-0.2, -0.15) is 11.8 Å². The summed E-state index contributed by atoms with van der Waals surface area (Å²) in [6.07, 6.45) is 3.53. The topological polar surface area (TPSA) is 38.0 Å². The number of nitrogens with one attached hydrogen (secondary N) is 1. The van der Waals surface area contributed by atoms with Gasteiger partial charge in [0.05, 0.1) is 0 Å². The molecule has 0 aromatic heterocycles. The Kier molecular flexibility index (Phi) is 4.12. The van der Waals surface area contributed by atoms with E-state index in [1.54, 1.807) is 0 Å². The van der Waals surface area contributed by atoms with Gasteiger partial charge in [-0.05, 0) is 37.7 Å². The van der Waals surface area contributed by atoms with Crippen LogP contribution in [0.25, 0.3) is 0 Å². The van der Waals surface area contributed by atoms with Crippen LogP contribution in [0.3, 0.4) is 0 Å². The molecule has 2 atom stereocenters. The fourth-order valence-electron chi connectivity index (χ4n) is 1.52. The molecule has 1 saturated heterocycles. The van der Waals surface area contributed by atoms with Gasteiger partial charge in [-0.25, -0.2) is 0 Å². The lowest BCUT2D eigenvalue weighted by Crippen LogP contribution is -2.39. The zero-order valence-electron chi connectivity index (χ0n) is 7.84. The maximum Gasteiger partial charge on any atom is 0.0429 e. The second-order valence-electron chi connectivity index (χ2n) is 3.56. The molecule has 1 aliphatic heterocycles. The van der Waals surface area contributed by atoms with Crippen LogP contribution >= 0.6 is 11.8 Å². The van der Waals surface area contributed by atoms with E-state index in [1.165, 1.54) is 23.5 Å². The number of hydrogen-bond donors (Lipinski definition) is 2. The zero-order chi connectivity index (χ0) is 8.97. The summed E-state index contributed by atoms with van der Waals surface area (Å²) in [5.74, 6) is 8.77. The SMILES string of the molecule is CC(C)=CC(NN)C1CCSC1. The second-order valence-corrected chi connectivity index (χ2v) is 4.71. The van der Waals surface area contributed by atoms with Crippen molar-refractivity contribution in [1.29, 1.82) is 0 Å².